The third-order valence-corrected chi connectivity index (χ3v) is 3.77. The van der Waals surface area contributed by atoms with E-state index in [9.17, 15) is 4.79 Å². The lowest BCUT2D eigenvalue weighted by Crippen LogP contribution is -2.32. The minimum absolute atomic E-state index is 0.0865. The van der Waals surface area contributed by atoms with Gasteiger partial charge < -0.3 is 4.74 Å². The fourth-order valence-electron chi connectivity index (χ4n) is 2.04. The molecule has 0 aromatic heterocycles. The molecule has 0 saturated heterocycles. The van der Waals surface area contributed by atoms with Gasteiger partial charge in [0.2, 0.25) is 0 Å². The number of methoxy groups -OCH3 is 1. The van der Waals surface area contributed by atoms with Gasteiger partial charge in [-0.1, -0.05) is 13.8 Å². The third kappa shape index (κ3) is 4.06. The van der Waals surface area contributed by atoms with Crippen LogP contribution < -0.4 is 4.74 Å². The summed E-state index contributed by atoms with van der Waals surface area (Å²) in [4.78, 5) is 13.8. The molecule has 0 saturated carbocycles. The van der Waals surface area contributed by atoms with Crippen molar-refractivity contribution in [2.24, 2.45) is 5.92 Å². The number of Topliss-reactive ketones (excluding diaryl/α,β-unsaturated/α-hetero) is 1. The number of carbonyl (C=O) groups excluding carboxylic acids is 1. The van der Waals surface area contributed by atoms with E-state index >= 15 is 0 Å². The highest BCUT2D eigenvalue weighted by Gasteiger charge is 2.16. The van der Waals surface area contributed by atoms with Crippen molar-refractivity contribution in [1.82, 2.24) is 4.90 Å². The summed E-state index contributed by atoms with van der Waals surface area (Å²) in [5.74, 6) is 1.52. The smallest absolute Gasteiger partial charge is 0.159 e. The largest absolute Gasteiger partial charge is 0.496 e. The van der Waals surface area contributed by atoms with E-state index in [1.54, 1.807) is 14.0 Å². The van der Waals surface area contributed by atoms with Crippen LogP contribution in [-0.4, -0.2) is 30.9 Å². The van der Waals surface area contributed by atoms with Gasteiger partial charge in [0.1, 0.15) is 5.75 Å². The summed E-state index contributed by atoms with van der Waals surface area (Å²) in [5, 5.41) is 0. The van der Waals surface area contributed by atoms with E-state index in [-0.39, 0.29) is 5.78 Å². The number of rotatable bonds is 6. The van der Waals surface area contributed by atoms with Gasteiger partial charge in [0.05, 0.1) is 7.11 Å². The molecule has 0 heterocycles. The Morgan fingerprint density at radius 1 is 1.32 bits per heavy atom. The van der Waals surface area contributed by atoms with E-state index in [4.69, 9.17) is 4.74 Å². The van der Waals surface area contributed by atoms with Gasteiger partial charge in [-0.15, -0.1) is 0 Å². The molecule has 0 radical (unpaired) electrons. The van der Waals surface area contributed by atoms with E-state index < -0.39 is 0 Å². The maximum Gasteiger partial charge on any atom is 0.159 e. The Labute approximate surface area is 116 Å². The Morgan fingerprint density at radius 3 is 2.42 bits per heavy atom. The monoisotopic (exact) mass is 263 g/mol. The number of ketones is 1. The number of hydrogen-bond acceptors (Lipinski definition) is 3. The average molecular weight is 263 g/mol. The molecule has 0 aliphatic heterocycles. The maximum absolute atomic E-state index is 11.5. The SMILES string of the molecule is COc1ccc(C(C)=O)cc1CN(C)C(C)C(C)C. The molecule has 3 nitrogen and oxygen atoms in total. The van der Waals surface area contributed by atoms with Crippen LogP contribution in [0, 0.1) is 5.92 Å². The van der Waals surface area contributed by atoms with Crippen LogP contribution in [0.15, 0.2) is 18.2 Å². The molecule has 1 unspecified atom stereocenters. The molecule has 1 aromatic rings. The summed E-state index contributed by atoms with van der Waals surface area (Å²) in [6.45, 7) is 9.01. The molecule has 1 aromatic carbocycles. The zero-order valence-corrected chi connectivity index (χ0v) is 12.9. The minimum Gasteiger partial charge on any atom is -0.496 e. The number of benzene rings is 1. The van der Waals surface area contributed by atoms with Crippen LogP contribution in [0.5, 0.6) is 5.75 Å². The van der Waals surface area contributed by atoms with E-state index in [1.165, 1.54) is 0 Å². The van der Waals surface area contributed by atoms with Gasteiger partial charge in [-0.3, -0.25) is 9.69 Å². The predicted octanol–water partition coefficient (Wildman–Crippen LogP) is 3.37. The molecule has 0 aliphatic carbocycles. The number of hydrogen-bond donors (Lipinski definition) is 0. The van der Waals surface area contributed by atoms with E-state index in [2.05, 4.69) is 32.7 Å². The highest BCUT2D eigenvalue weighted by molar-refractivity contribution is 5.94. The molecule has 0 spiro atoms. The highest BCUT2D eigenvalue weighted by atomic mass is 16.5. The molecular formula is C16H25NO2. The predicted molar refractivity (Wildman–Crippen MR) is 78.8 cm³/mol. The average Bonchev–Trinajstić information content (AvgIpc) is 2.37. The highest BCUT2D eigenvalue weighted by Crippen LogP contribution is 2.23. The van der Waals surface area contributed by atoms with Crippen LogP contribution >= 0.6 is 0 Å². The molecule has 0 fully saturated rings. The van der Waals surface area contributed by atoms with E-state index in [1.807, 2.05) is 18.2 Å². The van der Waals surface area contributed by atoms with Crippen molar-refractivity contribution in [2.45, 2.75) is 40.3 Å². The fraction of sp³-hybridized carbons (Fsp3) is 0.562. The van der Waals surface area contributed by atoms with Crippen molar-refractivity contribution >= 4 is 5.78 Å². The second-order valence-corrected chi connectivity index (χ2v) is 5.48. The molecule has 0 bridgehead atoms. The molecular weight excluding hydrogens is 238 g/mol. The molecule has 106 valence electrons. The molecule has 1 rings (SSSR count). The Morgan fingerprint density at radius 2 is 1.95 bits per heavy atom. The lowest BCUT2D eigenvalue weighted by molar-refractivity contribution is 0.101. The molecule has 0 amide bonds. The van der Waals surface area contributed by atoms with Gasteiger partial charge in [-0.25, -0.2) is 0 Å². The minimum atomic E-state index is 0.0865. The van der Waals surface area contributed by atoms with Crippen molar-refractivity contribution in [1.29, 1.82) is 0 Å². The van der Waals surface area contributed by atoms with Crippen LogP contribution in [0.2, 0.25) is 0 Å². The van der Waals surface area contributed by atoms with Crippen molar-refractivity contribution in [2.75, 3.05) is 14.2 Å². The summed E-state index contributed by atoms with van der Waals surface area (Å²) in [6, 6.07) is 6.10. The second kappa shape index (κ2) is 6.71. The van der Waals surface area contributed by atoms with Crippen LogP contribution in [-0.2, 0) is 6.54 Å². The van der Waals surface area contributed by atoms with Gasteiger partial charge in [0.25, 0.3) is 0 Å². The molecule has 19 heavy (non-hydrogen) atoms. The molecule has 1 atom stereocenters. The zero-order valence-electron chi connectivity index (χ0n) is 12.9. The van der Waals surface area contributed by atoms with Crippen molar-refractivity contribution < 1.29 is 9.53 Å². The van der Waals surface area contributed by atoms with Crippen LogP contribution in [0.25, 0.3) is 0 Å². The van der Waals surface area contributed by atoms with Gasteiger partial charge in [-0.2, -0.15) is 0 Å². The summed E-state index contributed by atoms with van der Waals surface area (Å²) in [7, 11) is 3.77. The van der Waals surface area contributed by atoms with Crippen molar-refractivity contribution in [3.63, 3.8) is 0 Å². The molecule has 3 heteroatoms. The Balaban J connectivity index is 2.97. The van der Waals surface area contributed by atoms with Gasteiger partial charge in [-0.05, 0) is 45.0 Å². The first-order valence-electron chi connectivity index (χ1n) is 6.75. The van der Waals surface area contributed by atoms with Crippen LogP contribution in [0.3, 0.4) is 0 Å². The van der Waals surface area contributed by atoms with Crippen LogP contribution in [0.4, 0.5) is 0 Å². The standard InChI is InChI=1S/C16H25NO2/c1-11(2)12(3)17(5)10-15-9-14(13(4)18)7-8-16(15)19-6/h7-9,11-12H,10H2,1-6H3. The summed E-state index contributed by atoms with van der Waals surface area (Å²) in [6.07, 6.45) is 0. The topological polar surface area (TPSA) is 29.5 Å². The first-order chi connectivity index (χ1) is 8.86. The second-order valence-electron chi connectivity index (χ2n) is 5.48. The fourth-order valence-corrected chi connectivity index (χ4v) is 2.04. The Hall–Kier alpha value is -1.35. The number of nitrogens with zero attached hydrogens (tertiary/aromatic N) is 1. The van der Waals surface area contributed by atoms with Crippen molar-refractivity contribution in [3.8, 4) is 5.75 Å². The lowest BCUT2D eigenvalue weighted by Gasteiger charge is -2.28. The van der Waals surface area contributed by atoms with Crippen molar-refractivity contribution in [3.05, 3.63) is 29.3 Å². The molecule has 0 N–H and O–H groups in total. The first-order valence-corrected chi connectivity index (χ1v) is 6.75. The Bertz CT molecular complexity index is 440. The third-order valence-electron chi connectivity index (χ3n) is 3.77. The Kier molecular flexibility index (Phi) is 5.55. The van der Waals surface area contributed by atoms with Gasteiger partial charge in [0, 0.05) is 23.7 Å². The first kappa shape index (κ1) is 15.7. The van der Waals surface area contributed by atoms with E-state index in [0.29, 0.717) is 12.0 Å². The quantitative estimate of drug-likeness (QED) is 0.737. The lowest BCUT2D eigenvalue weighted by atomic mass is 10.0. The number of ether oxygens (including phenoxy) is 1. The van der Waals surface area contributed by atoms with Gasteiger partial charge >= 0.3 is 0 Å². The summed E-state index contributed by atoms with van der Waals surface area (Å²) in [5.41, 5.74) is 1.80. The van der Waals surface area contributed by atoms with E-state index in [0.717, 1.165) is 23.4 Å². The summed E-state index contributed by atoms with van der Waals surface area (Å²) < 4.78 is 5.38. The number of carbonyl (C=O) groups is 1. The van der Waals surface area contributed by atoms with Crippen LogP contribution in [0.1, 0.15) is 43.6 Å². The normalized spacial score (nSPS) is 12.8. The summed E-state index contributed by atoms with van der Waals surface area (Å²) >= 11 is 0. The zero-order chi connectivity index (χ0) is 14.6. The molecule has 0 aliphatic rings. The van der Waals surface area contributed by atoms with Gasteiger partial charge in [0.15, 0.2) is 5.78 Å². The maximum atomic E-state index is 11.5.